The van der Waals surface area contributed by atoms with Crippen LogP contribution in [0.2, 0.25) is 0 Å². The molecule has 6 heteroatoms. The molecular formula is C20H23N3O3. The minimum absolute atomic E-state index is 0.00368. The van der Waals surface area contributed by atoms with E-state index in [-0.39, 0.29) is 30.2 Å². The molecule has 1 aliphatic heterocycles. The monoisotopic (exact) mass is 353 g/mol. The molecule has 1 heterocycles. The third-order valence-corrected chi connectivity index (χ3v) is 4.57. The van der Waals surface area contributed by atoms with Crippen molar-refractivity contribution in [2.24, 2.45) is 0 Å². The third kappa shape index (κ3) is 4.55. The zero-order valence-electron chi connectivity index (χ0n) is 15.4. The van der Waals surface area contributed by atoms with Crippen molar-refractivity contribution in [1.29, 1.82) is 10.5 Å². The summed E-state index contributed by atoms with van der Waals surface area (Å²) in [7, 11) is 1.50. The number of amides is 1. The maximum atomic E-state index is 12.6. The zero-order chi connectivity index (χ0) is 19.1. The molecule has 2 atom stereocenters. The van der Waals surface area contributed by atoms with E-state index in [1.807, 2.05) is 17.0 Å². The summed E-state index contributed by atoms with van der Waals surface area (Å²) in [6.45, 7) is 4.08. The van der Waals surface area contributed by atoms with Gasteiger partial charge in [-0.05, 0) is 56.9 Å². The Labute approximate surface area is 154 Å². The normalized spacial score (nSPS) is 19.0. The number of hydrogen-bond acceptors (Lipinski definition) is 5. The van der Waals surface area contributed by atoms with Crippen LogP contribution in [0.25, 0.3) is 6.08 Å². The van der Waals surface area contributed by atoms with Crippen LogP contribution in [0, 0.1) is 22.7 Å². The minimum atomic E-state index is -0.0537. The predicted octanol–water partition coefficient (Wildman–Crippen LogP) is 3.29. The molecule has 0 bridgehead atoms. The van der Waals surface area contributed by atoms with Crippen molar-refractivity contribution in [2.75, 3.05) is 13.7 Å². The van der Waals surface area contributed by atoms with E-state index in [4.69, 9.17) is 20.0 Å². The van der Waals surface area contributed by atoms with Gasteiger partial charge in [0, 0.05) is 12.1 Å². The standard InChI is InChI=1S/C20H23N3O3/c1-14-5-4-6-15(2)23(14)20(24)13-26-18-8-7-16(10-19(18)25-3)9-17(11-21)12-22/h7-10,14-15H,4-6,13H2,1-3H3/t14-,15-/m1/s1. The molecule has 1 aliphatic rings. The fourth-order valence-electron chi connectivity index (χ4n) is 3.28. The summed E-state index contributed by atoms with van der Waals surface area (Å²) in [4.78, 5) is 14.5. The number of methoxy groups -OCH3 is 1. The van der Waals surface area contributed by atoms with E-state index in [2.05, 4.69) is 13.8 Å². The van der Waals surface area contributed by atoms with E-state index in [1.54, 1.807) is 18.2 Å². The first-order valence-electron chi connectivity index (χ1n) is 8.64. The van der Waals surface area contributed by atoms with Crippen LogP contribution in [-0.4, -0.2) is 36.6 Å². The quantitative estimate of drug-likeness (QED) is 0.758. The summed E-state index contributed by atoms with van der Waals surface area (Å²) in [6, 6.07) is 9.13. The Hall–Kier alpha value is -2.99. The second kappa shape index (κ2) is 8.92. The molecular weight excluding hydrogens is 330 g/mol. The Morgan fingerprint density at radius 2 is 1.88 bits per heavy atom. The molecule has 6 nitrogen and oxygen atoms in total. The summed E-state index contributed by atoms with van der Waals surface area (Å²) < 4.78 is 11.0. The lowest BCUT2D eigenvalue weighted by atomic mass is 9.97. The van der Waals surface area contributed by atoms with Crippen LogP contribution in [0.4, 0.5) is 0 Å². The second-order valence-electron chi connectivity index (χ2n) is 6.41. The largest absolute Gasteiger partial charge is 0.493 e. The number of nitrogens with zero attached hydrogens (tertiary/aromatic N) is 3. The van der Waals surface area contributed by atoms with Crippen molar-refractivity contribution >= 4 is 12.0 Å². The van der Waals surface area contributed by atoms with Gasteiger partial charge in [0.05, 0.1) is 7.11 Å². The first-order chi connectivity index (χ1) is 12.5. The predicted molar refractivity (Wildman–Crippen MR) is 97.3 cm³/mol. The van der Waals surface area contributed by atoms with Gasteiger partial charge in [0.2, 0.25) is 0 Å². The summed E-state index contributed by atoms with van der Waals surface area (Å²) >= 11 is 0. The molecule has 2 rings (SSSR count). The molecule has 136 valence electrons. The number of carbonyl (C=O) groups is 1. The van der Waals surface area contributed by atoms with Crippen molar-refractivity contribution in [3.8, 4) is 23.6 Å². The summed E-state index contributed by atoms with van der Waals surface area (Å²) in [5, 5.41) is 17.7. The molecule has 1 aromatic rings. The van der Waals surface area contributed by atoms with Crippen molar-refractivity contribution in [2.45, 2.75) is 45.2 Å². The number of benzene rings is 1. The zero-order valence-corrected chi connectivity index (χ0v) is 15.4. The van der Waals surface area contributed by atoms with E-state index >= 15 is 0 Å². The lowest BCUT2D eigenvalue weighted by molar-refractivity contribution is -0.139. The molecule has 0 radical (unpaired) electrons. The fourth-order valence-corrected chi connectivity index (χ4v) is 3.28. The first-order valence-corrected chi connectivity index (χ1v) is 8.64. The Kier molecular flexibility index (Phi) is 6.63. The molecule has 1 amide bonds. The molecule has 0 saturated carbocycles. The lowest BCUT2D eigenvalue weighted by Crippen LogP contribution is -2.49. The van der Waals surface area contributed by atoms with Gasteiger partial charge in [-0.2, -0.15) is 10.5 Å². The van der Waals surface area contributed by atoms with Gasteiger partial charge in [-0.3, -0.25) is 4.79 Å². The highest BCUT2D eigenvalue weighted by atomic mass is 16.5. The Morgan fingerprint density at radius 1 is 1.23 bits per heavy atom. The number of rotatable bonds is 5. The van der Waals surface area contributed by atoms with Crippen LogP contribution < -0.4 is 9.47 Å². The molecule has 1 saturated heterocycles. The first kappa shape index (κ1) is 19.3. The van der Waals surface area contributed by atoms with Crippen molar-refractivity contribution < 1.29 is 14.3 Å². The summed E-state index contributed by atoms with van der Waals surface area (Å²) in [5.41, 5.74) is 0.654. The van der Waals surface area contributed by atoms with E-state index in [0.717, 1.165) is 19.3 Å². The second-order valence-corrected chi connectivity index (χ2v) is 6.41. The van der Waals surface area contributed by atoms with Gasteiger partial charge in [0.1, 0.15) is 17.7 Å². The fraction of sp³-hybridized carbons (Fsp3) is 0.450. The molecule has 0 spiro atoms. The molecule has 26 heavy (non-hydrogen) atoms. The van der Waals surface area contributed by atoms with E-state index < -0.39 is 0 Å². The number of ether oxygens (including phenoxy) is 2. The van der Waals surface area contributed by atoms with Gasteiger partial charge < -0.3 is 14.4 Å². The number of likely N-dealkylation sites (tertiary alicyclic amines) is 1. The van der Waals surface area contributed by atoms with Crippen molar-refractivity contribution in [3.63, 3.8) is 0 Å². The molecule has 0 aromatic heterocycles. The highest BCUT2D eigenvalue weighted by molar-refractivity contribution is 5.78. The summed E-state index contributed by atoms with van der Waals surface area (Å²) in [5.74, 6) is 0.860. The van der Waals surface area contributed by atoms with Crippen LogP contribution in [0.15, 0.2) is 23.8 Å². The van der Waals surface area contributed by atoms with Crippen LogP contribution in [0.1, 0.15) is 38.7 Å². The Bertz CT molecular complexity index is 747. The van der Waals surface area contributed by atoms with Crippen LogP contribution in [0.3, 0.4) is 0 Å². The average molecular weight is 353 g/mol. The SMILES string of the molecule is COc1cc(C=C(C#N)C#N)ccc1OCC(=O)N1[C@H](C)CCC[C@H]1C. The highest BCUT2D eigenvalue weighted by Crippen LogP contribution is 2.29. The average Bonchev–Trinajstić information content (AvgIpc) is 2.64. The number of piperidine rings is 1. The highest BCUT2D eigenvalue weighted by Gasteiger charge is 2.29. The van der Waals surface area contributed by atoms with E-state index in [0.29, 0.717) is 17.1 Å². The number of carbonyl (C=O) groups excluding carboxylic acids is 1. The van der Waals surface area contributed by atoms with Crippen LogP contribution in [0.5, 0.6) is 11.5 Å². The van der Waals surface area contributed by atoms with E-state index in [1.165, 1.54) is 13.2 Å². The number of nitriles is 2. The molecule has 1 fully saturated rings. The number of hydrogen-bond donors (Lipinski definition) is 0. The topological polar surface area (TPSA) is 86.3 Å². The van der Waals surface area contributed by atoms with Gasteiger partial charge >= 0.3 is 0 Å². The van der Waals surface area contributed by atoms with Gasteiger partial charge in [-0.1, -0.05) is 6.07 Å². The Balaban J connectivity index is 2.10. The van der Waals surface area contributed by atoms with Crippen LogP contribution in [-0.2, 0) is 4.79 Å². The maximum absolute atomic E-state index is 12.6. The number of allylic oxidation sites excluding steroid dienone is 1. The van der Waals surface area contributed by atoms with Gasteiger partial charge in [0.25, 0.3) is 5.91 Å². The lowest BCUT2D eigenvalue weighted by Gasteiger charge is -2.39. The molecule has 1 aromatic carbocycles. The van der Waals surface area contributed by atoms with Crippen molar-refractivity contribution in [3.05, 3.63) is 29.3 Å². The molecule has 0 unspecified atom stereocenters. The maximum Gasteiger partial charge on any atom is 0.260 e. The molecule has 0 aliphatic carbocycles. The van der Waals surface area contributed by atoms with Gasteiger partial charge in [0.15, 0.2) is 18.1 Å². The van der Waals surface area contributed by atoms with E-state index in [9.17, 15) is 4.79 Å². The summed E-state index contributed by atoms with van der Waals surface area (Å²) in [6.07, 6.45) is 4.64. The van der Waals surface area contributed by atoms with Gasteiger partial charge in [-0.15, -0.1) is 0 Å². The van der Waals surface area contributed by atoms with Crippen molar-refractivity contribution in [1.82, 2.24) is 4.90 Å². The van der Waals surface area contributed by atoms with Gasteiger partial charge in [-0.25, -0.2) is 0 Å². The molecule has 0 N–H and O–H groups in total. The minimum Gasteiger partial charge on any atom is -0.493 e. The Morgan fingerprint density at radius 3 is 2.46 bits per heavy atom. The third-order valence-electron chi connectivity index (χ3n) is 4.57. The van der Waals surface area contributed by atoms with Crippen LogP contribution >= 0.6 is 0 Å². The smallest absolute Gasteiger partial charge is 0.260 e.